The normalized spacial score (nSPS) is 12.9. The van der Waals surface area contributed by atoms with Crippen LogP contribution in [0.1, 0.15) is 19.4 Å². The fourth-order valence-corrected chi connectivity index (χ4v) is 2.23. The monoisotopic (exact) mass is 302 g/mol. The third-order valence-electron chi connectivity index (χ3n) is 2.67. The Balaban J connectivity index is 2.42. The van der Waals surface area contributed by atoms with E-state index in [9.17, 15) is 17.6 Å². The minimum atomic E-state index is -3.38. The van der Waals surface area contributed by atoms with E-state index in [1.165, 1.54) is 19.1 Å². The van der Waals surface area contributed by atoms with Gasteiger partial charge in [0.2, 0.25) is 15.9 Å². The van der Waals surface area contributed by atoms with Gasteiger partial charge in [0.05, 0.1) is 12.3 Å². The fraction of sp³-hybridized carbons (Fsp3) is 0.462. The predicted molar refractivity (Wildman–Crippen MR) is 75.2 cm³/mol. The zero-order chi connectivity index (χ0) is 15.2. The second-order valence-corrected chi connectivity index (χ2v) is 6.62. The van der Waals surface area contributed by atoms with Gasteiger partial charge in [-0.1, -0.05) is 12.1 Å². The molecular formula is C13H19FN2O3S. The van der Waals surface area contributed by atoms with Crippen molar-refractivity contribution in [3.8, 4) is 0 Å². The Labute approximate surface area is 118 Å². The second kappa shape index (κ2) is 7.35. The number of rotatable bonds is 7. The van der Waals surface area contributed by atoms with E-state index < -0.39 is 15.9 Å². The highest BCUT2D eigenvalue weighted by molar-refractivity contribution is 7.89. The lowest BCUT2D eigenvalue weighted by Gasteiger charge is -2.14. The first-order chi connectivity index (χ1) is 9.32. The van der Waals surface area contributed by atoms with E-state index >= 15 is 0 Å². The number of sulfonamides is 1. The molecule has 0 saturated carbocycles. The van der Waals surface area contributed by atoms with Gasteiger partial charge < -0.3 is 5.32 Å². The smallest absolute Gasteiger partial charge is 0.235 e. The number of carbonyl (C=O) groups excluding carboxylic acids is 1. The van der Waals surface area contributed by atoms with Gasteiger partial charge in [-0.05, 0) is 38.0 Å². The summed E-state index contributed by atoms with van der Waals surface area (Å²) in [5.74, 6) is -0.804. The number of nitrogens with one attached hydrogen (secondary N) is 2. The number of carbonyl (C=O) groups is 1. The van der Waals surface area contributed by atoms with Crippen LogP contribution in [0.4, 0.5) is 4.39 Å². The topological polar surface area (TPSA) is 75.3 Å². The summed E-state index contributed by atoms with van der Waals surface area (Å²) in [7, 11) is -3.38. The van der Waals surface area contributed by atoms with E-state index in [1.807, 2.05) is 0 Å². The number of benzene rings is 1. The van der Waals surface area contributed by atoms with Crippen LogP contribution in [0.2, 0.25) is 0 Å². The van der Waals surface area contributed by atoms with Crippen LogP contribution >= 0.6 is 0 Å². The second-order valence-electron chi connectivity index (χ2n) is 4.53. The zero-order valence-electron chi connectivity index (χ0n) is 11.5. The Bertz CT molecular complexity index is 560. The van der Waals surface area contributed by atoms with E-state index in [1.54, 1.807) is 19.1 Å². The number of hydrogen-bond acceptors (Lipinski definition) is 3. The molecule has 1 aromatic rings. The first-order valence-corrected chi connectivity index (χ1v) is 7.98. The van der Waals surface area contributed by atoms with Crippen LogP contribution < -0.4 is 10.0 Å². The van der Waals surface area contributed by atoms with Crippen LogP contribution in [0.3, 0.4) is 0 Å². The Morgan fingerprint density at radius 1 is 1.40 bits per heavy atom. The van der Waals surface area contributed by atoms with Crippen molar-refractivity contribution in [1.29, 1.82) is 0 Å². The van der Waals surface area contributed by atoms with Crippen LogP contribution in [-0.2, 0) is 21.2 Å². The summed E-state index contributed by atoms with van der Waals surface area (Å²) in [6.07, 6.45) is 0.476. The maximum absolute atomic E-state index is 13.0. The van der Waals surface area contributed by atoms with Crippen LogP contribution in [0.15, 0.2) is 24.3 Å². The zero-order valence-corrected chi connectivity index (χ0v) is 12.3. The molecule has 0 fully saturated rings. The molecule has 0 aliphatic carbocycles. The van der Waals surface area contributed by atoms with Crippen LogP contribution in [0.5, 0.6) is 0 Å². The quantitative estimate of drug-likeness (QED) is 0.783. The number of amides is 1. The summed E-state index contributed by atoms with van der Waals surface area (Å²) in [6.45, 7) is 2.98. The van der Waals surface area contributed by atoms with E-state index in [0.29, 0.717) is 6.42 Å². The van der Waals surface area contributed by atoms with Gasteiger partial charge in [0.25, 0.3) is 0 Å². The molecule has 0 aliphatic rings. The summed E-state index contributed by atoms with van der Waals surface area (Å²) >= 11 is 0. The predicted octanol–water partition coefficient (Wildman–Crippen LogP) is 0.812. The van der Waals surface area contributed by atoms with Crippen molar-refractivity contribution in [3.63, 3.8) is 0 Å². The van der Waals surface area contributed by atoms with Crippen LogP contribution in [0.25, 0.3) is 0 Å². The molecule has 20 heavy (non-hydrogen) atoms. The third-order valence-corrected chi connectivity index (χ3v) is 4.02. The summed E-state index contributed by atoms with van der Waals surface area (Å²) in [6, 6.07) is 5.92. The Morgan fingerprint density at radius 2 is 2.10 bits per heavy atom. The molecule has 0 heterocycles. The lowest BCUT2D eigenvalue weighted by Crippen LogP contribution is -2.41. The first-order valence-electron chi connectivity index (χ1n) is 6.33. The Kier molecular flexibility index (Phi) is 6.09. The van der Waals surface area contributed by atoms with Crippen molar-refractivity contribution in [2.45, 2.75) is 26.3 Å². The largest absolute Gasteiger partial charge is 0.352 e. The highest BCUT2D eigenvalue weighted by Crippen LogP contribution is 2.06. The summed E-state index contributed by atoms with van der Waals surface area (Å²) in [5.41, 5.74) is 0.770. The van der Waals surface area contributed by atoms with E-state index in [2.05, 4.69) is 10.0 Å². The molecule has 0 aromatic heterocycles. The molecule has 0 radical (unpaired) electrons. The minimum Gasteiger partial charge on any atom is -0.352 e. The van der Waals surface area contributed by atoms with Crippen molar-refractivity contribution >= 4 is 15.9 Å². The van der Waals surface area contributed by atoms with Crippen molar-refractivity contribution in [2.75, 3.05) is 12.3 Å². The maximum atomic E-state index is 13.0. The van der Waals surface area contributed by atoms with Gasteiger partial charge in [-0.3, -0.25) is 4.79 Å². The fourth-order valence-electron chi connectivity index (χ4n) is 1.67. The van der Waals surface area contributed by atoms with Crippen LogP contribution in [-0.4, -0.2) is 32.7 Å². The van der Waals surface area contributed by atoms with Gasteiger partial charge in [-0.15, -0.1) is 0 Å². The molecule has 0 unspecified atom stereocenters. The number of halogens is 1. The molecule has 0 aliphatic heterocycles. The molecule has 0 bridgehead atoms. The standard InChI is InChI=1S/C13H19FN2O3S/c1-3-20(18,19)15-9-13(17)16-10(2)7-11-5-4-6-12(14)8-11/h4-6,8,10,15H,3,7,9H2,1-2H3,(H,16,17)/t10-/m1/s1. The average molecular weight is 302 g/mol. The minimum absolute atomic E-state index is 0.0703. The third kappa shape index (κ3) is 6.12. The molecular weight excluding hydrogens is 283 g/mol. The molecule has 7 heteroatoms. The van der Waals surface area contributed by atoms with Gasteiger partial charge in [0.15, 0.2) is 0 Å². The first kappa shape index (κ1) is 16.6. The van der Waals surface area contributed by atoms with Crippen molar-refractivity contribution in [3.05, 3.63) is 35.6 Å². The van der Waals surface area contributed by atoms with Crippen molar-refractivity contribution in [1.82, 2.24) is 10.0 Å². The maximum Gasteiger partial charge on any atom is 0.235 e. The SMILES string of the molecule is CCS(=O)(=O)NCC(=O)N[C@H](C)Cc1cccc(F)c1. The Morgan fingerprint density at radius 3 is 2.70 bits per heavy atom. The molecule has 1 amide bonds. The molecule has 0 spiro atoms. The van der Waals surface area contributed by atoms with Crippen molar-refractivity contribution < 1.29 is 17.6 Å². The van der Waals surface area contributed by atoms with E-state index in [4.69, 9.17) is 0 Å². The summed E-state index contributed by atoms with van der Waals surface area (Å²) in [5, 5.41) is 2.66. The molecule has 1 aromatic carbocycles. The average Bonchev–Trinajstić information content (AvgIpc) is 2.36. The number of hydrogen-bond donors (Lipinski definition) is 2. The molecule has 1 atom stereocenters. The van der Waals surface area contributed by atoms with Crippen molar-refractivity contribution in [2.24, 2.45) is 0 Å². The Hall–Kier alpha value is -1.47. The van der Waals surface area contributed by atoms with Crippen LogP contribution in [0, 0.1) is 5.82 Å². The van der Waals surface area contributed by atoms with Gasteiger partial charge in [0, 0.05) is 6.04 Å². The lowest BCUT2D eigenvalue weighted by atomic mass is 10.1. The van der Waals surface area contributed by atoms with E-state index in [-0.39, 0.29) is 24.2 Å². The van der Waals surface area contributed by atoms with Gasteiger partial charge in [-0.25, -0.2) is 17.5 Å². The highest BCUT2D eigenvalue weighted by Gasteiger charge is 2.12. The lowest BCUT2D eigenvalue weighted by molar-refractivity contribution is -0.120. The molecule has 0 saturated heterocycles. The van der Waals surface area contributed by atoms with Gasteiger partial charge >= 0.3 is 0 Å². The molecule has 2 N–H and O–H groups in total. The van der Waals surface area contributed by atoms with E-state index in [0.717, 1.165) is 5.56 Å². The summed E-state index contributed by atoms with van der Waals surface area (Å²) < 4.78 is 37.6. The summed E-state index contributed by atoms with van der Waals surface area (Å²) in [4.78, 5) is 11.6. The highest BCUT2D eigenvalue weighted by atomic mass is 32.2. The van der Waals surface area contributed by atoms with Gasteiger partial charge in [0.1, 0.15) is 5.82 Å². The molecule has 1 rings (SSSR count). The molecule has 112 valence electrons. The molecule has 5 nitrogen and oxygen atoms in total. The van der Waals surface area contributed by atoms with Gasteiger partial charge in [-0.2, -0.15) is 0 Å².